The van der Waals surface area contributed by atoms with Crippen LogP contribution in [0.3, 0.4) is 0 Å². The van der Waals surface area contributed by atoms with Gasteiger partial charge in [-0.25, -0.2) is 17.5 Å². The first-order valence-corrected chi connectivity index (χ1v) is 6.99. The van der Waals surface area contributed by atoms with Crippen LogP contribution in [-0.4, -0.2) is 15.0 Å². The maximum atomic E-state index is 13.2. The first-order valence-electron chi connectivity index (χ1n) is 5.51. The van der Waals surface area contributed by atoms with Crippen LogP contribution >= 0.6 is 0 Å². The molecule has 0 atom stereocenters. The zero-order valence-corrected chi connectivity index (χ0v) is 10.1. The SMILES string of the molecule is NCc1cc(S(=O)(=O)NCC2CC2)ccc1F. The number of hydrogen-bond donors (Lipinski definition) is 2. The summed E-state index contributed by atoms with van der Waals surface area (Å²) in [6.45, 7) is 0.440. The molecule has 94 valence electrons. The van der Waals surface area contributed by atoms with E-state index in [1.807, 2.05) is 0 Å². The van der Waals surface area contributed by atoms with Gasteiger partial charge in [0, 0.05) is 18.7 Å². The molecule has 0 radical (unpaired) electrons. The van der Waals surface area contributed by atoms with Crippen molar-refractivity contribution >= 4 is 10.0 Å². The van der Waals surface area contributed by atoms with Gasteiger partial charge in [-0.3, -0.25) is 0 Å². The Morgan fingerprint density at radius 1 is 1.41 bits per heavy atom. The third kappa shape index (κ3) is 3.02. The third-order valence-corrected chi connectivity index (χ3v) is 4.23. The van der Waals surface area contributed by atoms with Crippen molar-refractivity contribution in [1.29, 1.82) is 0 Å². The molecule has 0 spiro atoms. The van der Waals surface area contributed by atoms with Crippen LogP contribution in [0.4, 0.5) is 4.39 Å². The van der Waals surface area contributed by atoms with E-state index in [1.165, 1.54) is 12.1 Å². The molecule has 1 aromatic rings. The summed E-state index contributed by atoms with van der Waals surface area (Å²) in [6, 6.07) is 3.67. The van der Waals surface area contributed by atoms with Crippen LogP contribution in [-0.2, 0) is 16.6 Å². The molecule has 1 aliphatic carbocycles. The van der Waals surface area contributed by atoms with Gasteiger partial charge >= 0.3 is 0 Å². The molecule has 1 aromatic carbocycles. The third-order valence-electron chi connectivity index (χ3n) is 2.81. The molecule has 1 aliphatic rings. The standard InChI is InChI=1S/C11H15FN2O2S/c12-11-4-3-10(5-9(11)6-13)17(15,16)14-7-8-1-2-8/h3-5,8,14H,1-2,6-7,13H2. The zero-order valence-electron chi connectivity index (χ0n) is 9.32. The van der Waals surface area contributed by atoms with Crippen LogP contribution in [0.5, 0.6) is 0 Å². The van der Waals surface area contributed by atoms with E-state index in [-0.39, 0.29) is 17.0 Å². The number of halogens is 1. The Morgan fingerprint density at radius 3 is 2.71 bits per heavy atom. The maximum Gasteiger partial charge on any atom is 0.240 e. The monoisotopic (exact) mass is 258 g/mol. The molecule has 3 N–H and O–H groups in total. The van der Waals surface area contributed by atoms with E-state index >= 15 is 0 Å². The minimum absolute atomic E-state index is 0.0161. The van der Waals surface area contributed by atoms with Gasteiger partial charge in [0.2, 0.25) is 10.0 Å². The van der Waals surface area contributed by atoms with Crippen molar-refractivity contribution in [3.05, 3.63) is 29.6 Å². The van der Waals surface area contributed by atoms with Crippen molar-refractivity contribution in [3.8, 4) is 0 Å². The molecule has 0 amide bonds. The molecule has 6 heteroatoms. The summed E-state index contributed by atoms with van der Waals surface area (Å²) in [7, 11) is -3.54. The average Bonchev–Trinajstić information content (AvgIpc) is 3.10. The summed E-state index contributed by atoms with van der Waals surface area (Å²) in [5, 5.41) is 0. The fourth-order valence-electron chi connectivity index (χ4n) is 1.51. The van der Waals surface area contributed by atoms with Gasteiger partial charge in [-0.05, 0) is 37.0 Å². The van der Waals surface area contributed by atoms with E-state index in [4.69, 9.17) is 5.73 Å². The number of nitrogens with two attached hydrogens (primary N) is 1. The summed E-state index contributed by atoms with van der Waals surface area (Å²) < 4.78 is 39.4. The van der Waals surface area contributed by atoms with Gasteiger partial charge in [0.1, 0.15) is 5.82 Å². The van der Waals surface area contributed by atoms with Gasteiger partial charge < -0.3 is 5.73 Å². The van der Waals surface area contributed by atoms with Gasteiger partial charge in [-0.2, -0.15) is 0 Å². The van der Waals surface area contributed by atoms with Gasteiger partial charge in [-0.1, -0.05) is 0 Å². The second-order valence-corrected chi connectivity index (χ2v) is 6.02. The van der Waals surface area contributed by atoms with Gasteiger partial charge in [0.15, 0.2) is 0 Å². The van der Waals surface area contributed by atoms with Crippen molar-refractivity contribution in [3.63, 3.8) is 0 Å². The van der Waals surface area contributed by atoms with Crippen molar-refractivity contribution < 1.29 is 12.8 Å². The molecule has 0 unspecified atom stereocenters. The summed E-state index contributed by atoms with van der Waals surface area (Å²) in [4.78, 5) is 0.0694. The van der Waals surface area contributed by atoms with Crippen LogP contribution in [0.15, 0.2) is 23.1 Å². The Morgan fingerprint density at radius 2 is 2.12 bits per heavy atom. The summed E-state index contributed by atoms with van der Waals surface area (Å²) in [5.74, 6) is -0.0205. The fourth-order valence-corrected chi connectivity index (χ4v) is 2.67. The van der Waals surface area contributed by atoms with E-state index in [9.17, 15) is 12.8 Å². The minimum atomic E-state index is -3.54. The lowest BCUT2D eigenvalue weighted by Crippen LogP contribution is -2.26. The lowest BCUT2D eigenvalue weighted by Gasteiger charge is -2.07. The molecular weight excluding hydrogens is 243 g/mol. The summed E-state index contributed by atoms with van der Waals surface area (Å²) in [6.07, 6.45) is 2.14. The molecule has 0 aliphatic heterocycles. The normalized spacial score (nSPS) is 16.1. The molecule has 0 aromatic heterocycles. The Kier molecular flexibility index (Phi) is 3.46. The molecule has 0 heterocycles. The highest BCUT2D eigenvalue weighted by atomic mass is 32.2. The van der Waals surface area contributed by atoms with Crippen molar-refractivity contribution in [2.24, 2.45) is 11.7 Å². The van der Waals surface area contributed by atoms with Crippen LogP contribution < -0.4 is 10.5 Å². The average molecular weight is 258 g/mol. The molecule has 17 heavy (non-hydrogen) atoms. The second kappa shape index (κ2) is 4.72. The molecular formula is C11H15FN2O2S. The Bertz CT molecular complexity index is 512. The van der Waals surface area contributed by atoms with E-state index in [0.29, 0.717) is 12.5 Å². The van der Waals surface area contributed by atoms with Gasteiger partial charge in [0.05, 0.1) is 4.90 Å². The molecule has 2 rings (SSSR count). The number of benzene rings is 1. The zero-order chi connectivity index (χ0) is 12.5. The number of nitrogens with one attached hydrogen (secondary N) is 1. The van der Waals surface area contributed by atoms with E-state index in [2.05, 4.69) is 4.72 Å². The topological polar surface area (TPSA) is 72.2 Å². The quantitative estimate of drug-likeness (QED) is 0.826. The lowest BCUT2D eigenvalue weighted by atomic mass is 10.2. The van der Waals surface area contributed by atoms with Crippen molar-refractivity contribution in [1.82, 2.24) is 4.72 Å². The van der Waals surface area contributed by atoms with E-state index in [0.717, 1.165) is 18.9 Å². The second-order valence-electron chi connectivity index (χ2n) is 4.25. The predicted octanol–water partition coefficient (Wildman–Crippen LogP) is 0.973. The first-order chi connectivity index (χ1) is 8.03. The molecule has 4 nitrogen and oxygen atoms in total. The summed E-state index contributed by atoms with van der Waals surface area (Å²) in [5.41, 5.74) is 5.55. The smallest absolute Gasteiger partial charge is 0.240 e. The van der Waals surface area contributed by atoms with Crippen LogP contribution in [0, 0.1) is 11.7 Å². The fraction of sp³-hybridized carbons (Fsp3) is 0.455. The molecule has 1 fully saturated rings. The minimum Gasteiger partial charge on any atom is -0.326 e. The van der Waals surface area contributed by atoms with Crippen molar-refractivity contribution in [2.75, 3.05) is 6.54 Å². The highest BCUT2D eigenvalue weighted by Crippen LogP contribution is 2.28. The maximum absolute atomic E-state index is 13.2. The van der Waals surface area contributed by atoms with Crippen LogP contribution in [0.2, 0.25) is 0 Å². The summed E-state index contributed by atoms with van der Waals surface area (Å²) >= 11 is 0. The lowest BCUT2D eigenvalue weighted by molar-refractivity contribution is 0.575. The molecule has 1 saturated carbocycles. The number of rotatable bonds is 5. The molecule has 0 bridgehead atoms. The predicted molar refractivity (Wildman–Crippen MR) is 62.2 cm³/mol. The van der Waals surface area contributed by atoms with Crippen LogP contribution in [0.25, 0.3) is 0 Å². The van der Waals surface area contributed by atoms with Gasteiger partial charge in [0.25, 0.3) is 0 Å². The van der Waals surface area contributed by atoms with Crippen molar-refractivity contribution in [2.45, 2.75) is 24.3 Å². The van der Waals surface area contributed by atoms with E-state index < -0.39 is 15.8 Å². The first kappa shape index (κ1) is 12.5. The Labute approximate surface area is 100 Å². The van der Waals surface area contributed by atoms with Crippen LogP contribution in [0.1, 0.15) is 18.4 Å². The largest absolute Gasteiger partial charge is 0.326 e. The number of sulfonamides is 1. The molecule has 0 saturated heterocycles. The Hall–Kier alpha value is -0.980. The van der Waals surface area contributed by atoms with E-state index in [1.54, 1.807) is 0 Å². The Balaban J connectivity index is 2.19. The van der Waals surface area contributed by atoms with Gasteiger partial charge in [-0.15, -0.1) is 0 Å². The number of hydrogen-bond acceptors (Lipinski definition) is 3. The highest BCUT2D eigenvalue weighted by molar-refractivity contribution is 7.89. The highest BCUT2D eigenvalue weighted by Gasteiger charge is 2.24.